The second-order valence-electron chi connectivity index (χ2n) is 6.21. The molecule has 3 rings (SSSR count). The molecule has 0 radical (unpaired) electrons. The largest absolute Gasteiger partial charge is 0.476 e. The average molecular weight is 533 g/mol. The summed E-state index contributed by atoms with van der Waals surface area (Å²) in [6, 6.07) is 8.84. The number of benzene rings is 2. The predicted molar refractivity (Wildman–Crippen MR) is 101 cm³/mol. The molecule has 0 saturated heterocycles. The number of anilines is 1. The maximum absolute atomic E-state index is 13.4. The Bertz CT molecular complexity index is 967. The molecule has 0 bridgehead atoms. The van der Waals surface area contributed by atoms with Gasteiger partial charge >= 0.3 is 0 Å². The average Bonchev–Trinajstić information content (AvgIpc) is 2.56. The molecule has 0 aliphatic rings. The molecule has 152 valence electrons. The van der Waals surface area contributed by atoms with Gasteiger partial charge in [0, 0.05) is 75.2 Å². The van der Waals surface area contributed by atoms with E-state index in [1.165, 1.54) is 24.3 Å². The SMILES string of the molecule is Cc1c(F)ccc2c(=O)cc(OC(C)C)[nH]c12.Cc1c(N)cccc1F.[Yb]. The monoisotopic (exact) mass is 534 g/mol. The third kappa shape index (κ3) is 6.06. The van der Waals surface area contributed by atoms with Gasteiger partial charge in [-0.2, -0.15) is 0 Å². The van der Waals surface area contributed by atoms with Crippen molar-refractivity contribution in [2.24, 2.45) is 0 Å². The Morgan fingerprint density at radius 2 is 1.67 bits per heavy atom. The number of pyridine rings is 1. The topological polar surface area (TPSA) is 68.1 Å². The number of ether oxygens (including phenoxy) is 1. The summed E-state index contributed by atoms with van der Waals surface area (Å²) < 4.78 is 31.3. The van der Waals surface area contributed by atoms with Crippen molar-refractivity contribution >= 4 is 16.6 Å². The molecular formula is C20H22F2N2O2Yb. The van der Waals surface area contributed by atoms with E-state index in [9.17, 15) is 13.6 Å². The third-order valence-corrected chi connectivity index (χ3v) is 3.85. The van der Waals surface area contributed by atoms with Crippen molar-refractivity contribution in [3.63, 3.8) is 0 Å². The zero-order valence-electron chi connectivity index (χ0n) is 15.5. The number of H-pyrrole nitrogens is 1. The standard InChI is InChI=1S/C13H14FNO2.C7H8FN.Yb/c1-7(2)17-12-6-11(16)9-4-5-10(14)8(3)13(9)15-12;1-5-6(8)3-2-4-7(5)9;/h4-7H,1-3H3,(H,15,16);2-4H,9H2,1H3;. The molecule has 27 heavy (non-hydrogen) atoms. The number of nitrogens with one attached hydrogen (secondary N) is 1. The normalized spacial score (nSPS) is 10.2. The van der Waals surface area contributed by atoms with E-state index >= 15 is 0 Å². The number of rotatable bonds is 2. The van der Waals surface area contributed by atoms with E-state index in [0.717, 1.165) is 0 Å². The number of fused-ring (bicyclic) bond motifs is 1. The number of halogens is 2. The summed E-state index contributed by atoms with van der Waals surface area (Å²) in [5, 5.41) is 0.472. The first-order chi connectivity index (χ1) is 12.2. The molecule has 1 aromatic heterocycles. The Hall–Kier alpha value is -1.37. The summed E-state index contributed by atoms with van der Waals surface area (Å²) in [4.78, 5) is 14.8. The molecular weight excluding hydrogens is 511 g/mol. The molecule has 0 atom stereocenters. The van der Waals surface area contributed by atoms with Gasteiger partial charge in [-0.15, -0.1) is 0 Å². The Kier molecular flexibility index (Phi) is 8.98. The summed E-state index contributed by atoms with van der Waals surface area (Å²) in [5.41, 5.74) is 7.16. The van der Waals surface area contributed by atoms with Crippen molar-refractivity contribution in [1.29, 1.82) is 0 Å². The van der Waals surface area contributed by atoms with Gasteiger partial charge in [0.05, 0.1) is 11.6 Å². The van der Waals surface area contributed by atoms with E-state index in [-0.39, 0.29) is 70.1 Å². The number of aromatic amines is 1. The maximum atomic E-state index is 13.4. The molecule has 3 N–H and O–H groups in total. The fourth-order valence-electron chi connectivity index (χ4n) is 2.35. The van der Waals surface area contributed by atoms with Crippen LogP contribution in [0.2, 0.25) is 0 Å². The fraction of sp³-hybridized carbons (Fsp3) is 0.250. The van der Waals surface area contributed by atoms with Crippen LogP contribution in [0.15, 0.2) is 41.2 Å². The first-order valence-corrected chi connectivity index (χ1v) is 8.20. The van der Waals surface area contributed by atoms with Crippen molar-refractivity contribution < 1.29 is 60.4 Å². The van der Waals surface area contributed by atoms with Gasteiger partial charge in [-0.1, -0.05) is 6.07 Å². The van der Waals surface area contributed by atoms with Crippen molar-refractivity contribution in [2.45, 2.75) is 33.8 Å². The maximum Gasteiger partial charge on any atom is 0.195 e. The molecule has 0 aliphatic carbocycles. The van der Waals surface area contributed by atoms with Crippen molar-refractivity contribution in [2.75, 3.05) is 5.73 Å². The number of hydrogen-bond acceptors (Lipinski definition) is 3. The number of aromatic nitrogens is 1. The number of hydrogen-bond donors (Lipinski definition) is 2. The van der Waals surface area contributed by atoms with Crippen LogP contribution < -0.4 is 15.9 Å². The van der Waals surface area contributed by atoms with Gasteiger partial charge in [-0.3, -0.25) is 4.79 Å². The van der Waals surface area contributed by atoms with Crippen molar-refractivity contribution in [3.05, 3.63) is 69.4 Å². The Balaban J connectivity index is 0.000000310. The van der Waals surface area contributed by atoms with Crippen LogP contribution in [0.25, 0.3) is 10.9 Å². The Labute approximate surface area is 195 Å². The van der Waals surface area contributed by atoms with Gasteiger partial charge < -0.3 is 15.5 Å². The molecule has 0 unspecified atom stereocenters. The van der Waals surface area contributed by atoms with Crippen molar-refractivity contribution in [3.8, 4) is 5.88 Å². The zero-order valence-corrected chi connectivity index (χ0v) is 17.2. The van der Waals surface area contributed by atoms with Gasteiger partial charge in [0.15, 0.2) is 11.3 Å². The quantitative estimate of drug-likeness (QED) is 0.478. The minimum atomic E-state index is -0.338. The van der Waals surface area contributed by atoms with E-state index < -0.39 is 0 Å². The molecule has 1 heterocycles. The molecule has 3 aromatic rings. The van der Waals surface area contributed by atoms with Gasteiger partial charge in [0.25, 0.3) is 0 Å². The van der Waals surface area contributed by atoms with Crippen LogP contribution in [0.4, 0.5) is 14.5 Å². The summed E-state index contributed by atoms with van der Waals surface area (Å²) in [7, 11) is 0. The van der Waals surface area contributed by atoms with E-state index in [0.29, 0.717) is 33.6 Å². The molecule has 0 spiro atoms. The Morgan fingerprint density at radius 3 is 2.22 bits per heavy atom. The van der Waals surface area contributed by atoms with E-state index in [1.54, 1.807) is 26.0 Å². The fourth-order valence-corrected chi connectivity index (χ4v) is 2.35. The minimum absolute atomic E-state index is 0. The number of nitrogen functional groups attached to an aromatic ring is 1. The third-order valence-electron chi connectivity index (χ3n) is 3.85. The molecule has 0 amide bonds. The van der Waals surface area contributed by atoms with Gasteiger partial charge in [0.1, 0.15) is 11.6 Å². The zero-order chi connectivity index (χ0) is 19.4. The summed E-state index contributed by atoms with van der Waals surface area (Å²) in [6.45, 7) is 7.01. The van der Waals surface area contributed by atoms with Crippen LogP contribution in [-0.2, 0) is 0 Å². The molecule has 0 aliphatic heterocycles. The van der Waals surface area contributed by atoms with Gasteiger partial charge in [0.2, 0.25) is 0 Å². The van der Waals surface area contributed by atoms with E-state index in [4.69, 9.17) is 10.5 Å². The summed E-state index contributed by atoms with van der Waals surface area (Å²) in [6.07, 6.45) is -0.0445. The van der Waals surface area contributed by atoms with Crippen LogP contribution in [0, 0.1) is 72.4 Å². The van der Waals surface area contributed by atoms with Crippen molar-refractivity contribution in [1.82, 2.24) is 4.98 Å². The summed E-state index contributed by atoms with van der Waals surface area (Å²) >= 11 is 0. The molecule has 7 heteroatoms. The summed E-state index contributed by atoms with van der Waals surface area (Å²) in [5.74, 6) is -0.212. The second-order valence-corrected chi connectivity index (χ2v) is 6.21. The van der Waals surface area contributed by atoms with Crippen LogP contribution in [0.1, 0.15) is 25.0 Å². The van der Waals surface area contributed by atoms with E-state index in [1.807, 2.05) is 13.8 Å². The van der Waals surface area contributed by atoms with Crippen LogP contribution in [0.5, 0.6) is 5.88 Å². The Morgan fingerprint density at radius 1 is 1.04 bits per heavy atom. The first kappa shape index (κ1) is 23.7. The molecule has 0 saturated carbocycles. The smallest absolute Gasteiger partial charge is 0.195 e. The van der Waals surface area contributed by atoms with Gasteiger partial charge in [-0.05, 0) is 52.0 Å². The van der Waals surface area contributed by atoms with E-state index in [2.05, 4.69) is 4.98 Å². The van der Waals surface area contributed by atoms with Gasteiger partial charge in [-0.25, -0.2) is 8.78 Å². The predicted octanol–water partition coefficient (Wildman–Crippen LogP) is 4.48. The number of nitrogens with two attached hydrogens (primary N) is 1. The molecule has 2 aromatic carbocycles. The first-order valence-electron chi connectivity index (χ1n) is 8.20. The minimum Gasteiger partial charge on any atom is -0.476 e. The van der Waals surface area contributed by atoms with Crippen LogP contribution in [0.3, 0.4) is 0 Å². The second kappa shape index (κ2) is 10.2. The van der Waals surface area contributed by atoms with Crippen LogP contribution in [-0.4, -0.2) is 11.1 Å². The number of aryl methyl sites for hydroxylation is 1. The van der Waals surface area contributed by atoms with Crippen LogP contribution >= 0.6 is 0 Å². The molecule has 4 nitrogen and oxygen atoms in total. The molecule has 0 fully saturated rings.